The molecule has 4 nitrogen and oxygen atoms in total. The Morgan fingerprint density at radius 1 is 1.41 bits per heavy atom. The molecule has 8 heteroatoms. The average Bonchev–Trinajstić information content (AvgIpc) is 2.18. The number of allylic oxidation sites excluding steroid dienone is 2. The molecule has 0 heterocycles. The molecule has 2 atom stereocenters. The Morgan fingerprint density at radius 2 is 2.00 bits per heavy atom. The van der Waals surface area contributed by atoms with Gasteiger partial charge in [-0.3, -0.25) is 0 Å². The highest BCUT2D eigenvalue weighted by Gasteiger charge is 2.35. The van der Waals surface area contributed by atoms with E-state index in [0.29, 0.717) is 0 Å². The second-order valence-electron chi connectivity index (χ2n) is 3.55. The standard InChI is InChI=1S/C9H12F3NO3S/c1-6-3-4-7(16-9(10,11)12)5-8(6)17(14,15)13-2/h3-6,8,13H,1-2H3. The van der Waals surface area contributed by atoms with Crippen LogP contribution < -0.4 is 4.72 Å². The van der Waals surface area contributed by atoms with Crippen molar-refractivity contribution in [3.8, 4) is 0 Å². The van der Waals surface area contributed by atoms with E-state index in [1.807, 2.05) is 0 Å². The molecule has 0 aromatic heterocycles. The normalized spacial score (nSPS) is 25.6. The Morgan fingerprint density at radius 3 is 2.47 bits per heavy atom. The van der Waals surface area contributed by atoms with Crippen LogP contribution in [0.2, 0.25) is 0 Å². The molecule has 0 amide bonds. The van der Waals surface area contributed by atoms with Crippen molar-refractivity contribution in [3.05, 3.63) is 24.0 Å². The van der Waals surface area contributed by atoms with E-state index < -0.39 is 33.3 Å². The maximum absolute atomic E-state index is 12.0. The lowest BCUT2D eigenvalue weighted by atomic mass is 10.0. The summed E-state index contributed by atoms with van der Waals surface area (Å²) < 4.78 is 64.8. The molecule has 0 fully saturated rings. The van der Waals surface area contributed by atoms with Crippen molar-refractivity contribution in [2.45, 2.75) is 18.5 Å². The van der Waals surface area contributed by atoms with Crippen LogP contribution in [0.25, 0.3) is 0 Å². The minimum Gasteiger partial charge on any atom is -0.406 e. The molecule has 0 radical (unpaired) electrons. The number of hydrogen-bond acceptors (Lipinski definition) is 3. The van der Waals surface area contributed by atoms with Crippen LogP contribution in [-0.4, -0.2) is 27.1 Å². The van der Waals surface area contributed by atoms with Crippen LogP contribution in [0, 0.1) is 5.92 Å². The Labute approximate surface area is 97.2 Å². The second kappa shape index (κ2) is 4.69. The molecule has 1 aliphatic carbocycles. The SMILES string of the molecule is CNS(=O)(=O)C1C=C(OC(F)(F)F)C=CC1C. The van der Waals surface area contributed by atoms with E-state index >= 15 is 0 Å². The zero-order valence-corrected chi connectivity index (χ0v) is 9.97. The average molecular weight is 271 g/mol. The minimum atomic E-state index is -4.83. The summed E-state index contributed by atoms with van der Waals surface area (Å²) in [5, 5.41) is -1.07. The van der Waals surface area contributed by atoms with Crippen LogP contribution in [0.15, 0.2) is 24.0 Å². The molecule has 98 valence electrons. The Hall–Kier alpha value is -1.02. The summed E-state index contributed by atoms with van der Waals surface area (Å²) in [5.74, 6) is -0.938. The molecule has 0 bridgehead atoms. The monoisotopic (exact) mass is 271 g/mol. The highest BCUT2D eigenvalue weighted by molar-refractivity contribution is 7.90. The van der Waals surface area contributed by atoms with Gasteiger partial charge in [0, 0.05) is 0 Å². The van der Waals surface area contributed by atoms with Crippen LogP contribution in [0.3, 0.4) is 0 Å². The number of hydrogen-bond donors (Lipinski definition) is 1. The van der Waals surface area contributed by atoms with Crippen LogP contribution in [0.1, 0.15) is 6.92 Å². The van der Waals surface area contributed by atoms with Crippen molar-refractivity contribution >= 4 is 10.0 Å². The Kier molecular flexibility index (Phi) is 3.88. The molecular formula is C9H12F3NO3S. The molecule has 0 saturated heterocycles. The fraction of sp³-hybridized carbons (Fsp3) is 0.556. The second-order valence-corrected chi connectivity index (χ2v) is 5.59. The van der Waals surface area contributed by atoms with Gasteiger partial charge in [-0.2, -0.15) is 0 Å². The van der Waals surface area contributed by atoms with E-state index in [1.165, 1.54) is 13.1 Å². The molecule has 0 saturated carbocycles. The number of sulfonamides is 1. The van der Waals surface area contributed by atoms with Gasteiger partial charge in [-0.25, -0.2) is 13.1 Å². The molecule has 2 unspecified atom stereocenters. The maximum atomic E-state index is 12.0. The van der Waals surface area contributed by atoms with Crippen molar-refractivity contribution in [1.82, 2.24) is 4.72 Å². The highest BCUT2D eigenvalue weighted by Crippen LogP contribution is 2.27. The van der Waals surface area contributed by atoms with Crippen LogP contribution >= 0.6 is 0 Å². The molecule has 1 rings (SSSR count). The van der Waals surface area contributed by atoms with E-state index in [9.17, 15) is 21.6 Å². The zero-order valence-electron chi connectivity index (χ0n) is 9.15. The first-order chi connectivity index (χ1) is 7.65. The van der Waals surface area contributed by atoms with Gasteiger partial charge < -0.3 is 4.74 Å². The molecule has 17 heavy (non-hydrogen) atoms. The van der Waals surface area contributed by atoms with E-state index in [-0.39, 0.29) is 0 Å². The first-order valence-corrected chi connectivity index (χ1v) is 6.28. The summed E-state index contributed by atoms with van der Waals surface area (Å²) in [6, 6.07) is 0. The van der Waals surface area contributed by atoms with Gasteiger partial charge >= 0.3 is 6.36 Å². The number of halogens is 3. The summed E-state index contributed by atoms with van der Waals surface area (Å²) in [6.45, 7) is 1.59. The van der Waals surface area contributed by atoms with Gasteiger partial charge in [0.15, 0.2) is 0 Å². The third-order valence-corrected chi connectivity index (χ3v) is 4.14. The molecular weight excluding hydrogens is 259 g/mol. The van der Waals surface area contributed by atoms with Gasteiger partial charge in [0.1, 0.15) is 11.0 Å². The van der Waals surface area contributed by atoms with Crippen molar-refractivity contribution in [2.24, 2.45) is 5.92 Å². The van der Waals surface area contributed by atoms with E-state index in [0.717, 1.165) is 12.2 Å². The third kappa shape index (κ3) is 3.74. The van der Waals surface area contributed by atoms with Crippen LogP contribution in [0.4, 0.5) is 13.2 Å². The smallest absolute Gasteiger partial charge is 0.406 e. The topological polar surface area (TPSA) is 55.4 Å². The number of rotatable bonds is 3. The summed E-state index contributed by atoms with van der Waals surface area (Å²) in [6.07, 6.45) is -1.41. The van der Waals surface area contributed by atoms with E-state index in [1.54, 1.807) is 6.92 Å². The lowest BCUT2D eigenvalue weighted by molar-refractivity contribution is -0.303. The van der Waals surface area contributed by atoms with Gasteiger partial charge in [0.25, 0.3) is 0 Å². The van der Waals surface area contributed by atoms with Crippen molar-refractivity contribution in [1.29, 1.82) is 0 Å². The zero-order chi connectivity index (χ0) is 13.3. The lowest BCUT2D eigenvalue weighted by Gasteiger charge is -2.23. The predicted octanol–water partition coefficient (Wildman–Crippen LogP) is 1.53. The van der Waals surface area contributed by atoms with E-state index in [2.05, 4.69) is 9.46 Å². The van der Waals surface area contributed by atoms with Crippen molar-refractivity contribution in [2.75, 3.05) is 7.05 Å². The van der Waals surface area contributed by atoms with Gasteiger partial charge in [-0.1, -0.05) is 13.0 Å². The molecule has 0 aromatic carbocycles. The number of nitrogens with one attached hydrogen (secondary N) is 1. The molecule has 1 N–H and O–H groups in total. The summed E-state index contributed by atoms with van der Waals surface area (Å²) >= 11 is 0. The number of alkyl halides is 3. The fourth-order valence-corrected chi connectivity index (χ4v) is 2.68. The predicted molar refractivity (Wildman–Crippen MR) is 55.3 cm³/mol. The molecule has 1 aliphatic rings. The van der Waals surface area contributed by atoms with Crippen LogP contribution in [0.5, 0.6) is 0 Å². The van der Waals surface area contributed by atoms with Crippen molar-refractivity contribution < 1.29 is 26.3 Å². The largest absolute Gasteiger partial charge is 0.573 e. The maximum Gasteiger partial charge on any atom is 0.573 e. The summed E-state index contributed by atoms with van der Waals surface area (Å²) in [7, 11) is -2.48. The van der Waals surface area contributed by atoms with Gasteiger partial charge in [-0.05, 0) is 25.1 Å². The van der Waals surface area contributed by atoms with Gasteiger partial charge in [0.05, 0.1) is 0 Å². The lowest BCUT2D eigenvalue weighted by Crippen LogP contribution is -2.36. The van der Waals surface area contributed by atoms with Gasteiger partial charge in [-0.15, -0.1) is 13.2 Å². The summed E-state index contributed by atoms with van der Waals surface area (Å²) in [4.78, 5) is 0. The third-order valence-electron chi connectivity index (χ3n) is 2.29. The first-order valence-electron chi connectivity index (χ1n) is 4.74. The quantitative estimate of drug-likeness (QED) is 0.847. The van der Waals surface area contributed by atoms with E-state index in [4.69, 9.17) is 0 Å². The summed E-state index contributed by atoms with van der Waals surface area (Å²) in [5.41, 5.74) is 0. The Balaban J connectivity index is 2.97. The first kappa shape index (κ1) is 14.0. The molecule has 0 aromatic rings. The Bertz CT molecular complexity index is 439. The number of ether oxygens (including phenoxy) is 1. The minimum absolute atomic E-state index is 0.423. The van der Waals surface area contributed by atoms with Crippen LogP contribution in [-0.2, 0) is 14.8 Å². The molecule has 0 spiro atoms. The molecule has 0 aliphatic heterocycles. The highest BCUT2D eigenvalue weighted by atomic mass is 32.2. The van der Waals surface area contributed by atoms with Crippen molar-refractivity contribution in [3.63, 3.8) is 0 Å². The van der Waals surface area contributed by atoms with Gasteiger partial charge in [0.2, 0.25) is 10.0 Å². The fourth-order valence-electron chi connectivity index (χ4n) is 1.44.